The number of methoxy groups -OCH3 is 2. The predicted octanol–water partition coefficient (Wildman–Crippen LogP) is 3.27. The molecule has 2 N–H and O–H groups in total. The Balaban J connectivity index is 0.00000243. The van der Waals surface area contributed by atoms with Gasteiger partial charge in [-0.25, -0.2) is 0 Å². The maximum Gasteiger partial charge on any atom is 0.227 e. The second kappa shape index (κ2) is 8.81. The van der Waals surface area contributed by atoms with E-state index in [1.54, 1.807) is 14.2 Å². The van der Waals surface area contributed by atoms with Crippen LogP contribution in [0.15, 0.2) is 42.5 Å². The standard InChI is InChI=1S/C20H24N2O3.ClH/c1-24-18-10-16(11-19(12-18)25-2)15-7-8-22(13-15)20(23)9-14-3-5-17(21)6-4-14;/h3-6,10-12,15H,7-9,13,21H2,1-2H3;1H. The molecule has 1 fully saturated rings. The third-order valence-electron chi connectivity index (χ3n) is 4.72. The second-order valence-electron chi connectivity index (χ2n) is 6.39. The number of nitrogens with two attached hydrogens (primary N) is 1. The molecule has 140 valence electrons. The smallest absolute Gasteiger partial charge is 0.227 e. The Labute approximate surface area is 160 Å². The van der Waals surface area contributed by atoms with Crippen LogP contribution in [0.3, 0.4) is 0 Å². The van der Waals surface area contributed by atoms with Crippen LogP contribution >= 0.6 is 12.4 Å². The maximum atomic E-state index is 12.6. The van der Waals surface area contributed by atoms with Crippen LogP contribution in [0.4, 0.5) is 5.69 Å². The summed E-state index contributed by atoms with van der Waals surface area (Å²) in [5, 5.41) is 0. The third kappa shape index (κ3) is 4.61. The summed E-state index contributed by atoms with van der Waals surface area (Å²) in [6.45, 7) is 1.50. The van der Waals surface area contributed by atoms with Gasteiger partial charge < -0.3 is 20.1 Å². The van der Waals surface area contributed by atoms with Crippen molar-refractivity contribution in [2.75, 3.05) is 33.0 Å². The minimum atomic E-state index is 0. The van der Waals surface area contributed by atoms with E-state index in [4.69, 9.17) is 15.2 Å². The normalized spacial score (nSPS) is 16.1. The van der Waals surface area contributed by atoms with Crippen molar-refractivity contribution in [3.8, 4) is 11.5 Å². The lowest BCUT2D eigenvalue weighted by Gasteiger charge is -2.17. The molecule has 0 bridgehead atoms. The quantitative estimate of drug-likeness (QED) is 0.813. The first-order chi connectivity index (χ1) is 12.1. The number of amides is 1. The summed E-state index contributed by atoms with van der Waals surface area (Å²) in [6.07, 6.45) is 1.36. The number of ether oxygens (including phenoxy) is 2. The van der Waals surface area contributed by atoms with Gasteiger partial charge in [0.25, 0.3) is 0 Å². The van der Waals surface area contributed by atoms with E-state index >= 15 is 0 Å². The minimum Gasteiger partial charge on any atom is -0.497 e. The van der Waals surface area contributed by atoms with E-state index in [-0.39, 0.29) is 18.3 Å². The zero-order valence-electron chi connectivity index (χ0n) is 15.1. The Kier molecular flexibility index (Phi) is 6.75. The fourth-order valence-corrected chi connectivity index (χ4v) is 3.25. The van der Waals surface area contributed by atoms with E-state index in [0.717, 1.165) is 42.1 Å². The summed E-state index contributed by atoms with van der Waals surface area (Å²) in [4.78, 5) is 14.5. The Morgan fingerprint density at radius 1 is 1.12 bits per heavy atom. The van der Waals surface area contributed by atoms with Crippen molar-refractivity contribution in [2.45, 2.75) is 18.8 Å². The van der Waals surface area contributed by atoms with Crippen LogP contribution in [0.1, 0.15) is 23.5 Å². The molecule has 6 heteroatoms. The summed E-state index contributed by atoms with van der Waals surface area (Å²) < 4.78 is 10.7. The number of hydrogen-bond acceptors (Lipinski definition) is 4. The molecule has 0 spiro atoms. The van der Waals surface area contributed by atoms with Gasteiger partial charge in [0.15, 0.2) is 0 Å². The predicted molar refractivity (Wildman–Crippen MR) is 105 cm³/mol. The highest BCUT2D eigenvalue weighted by Gasteiger charge is 2.28. The molecule has 1 atom stereocenters. The summed E-state index contributed by atoms with van der Waals surface area (Å²) in [5.74, 6) is 2.02. The average molecular weight is 377 g/mol. The lowest BCUT2D eigenvalue weighted by atomic mass is 9.98. The Morgan fingerprint density at radius 2 is 1.73 bits per heavy atom. The van der Waals surface area contributed by atoms with Gasteiger partial charge in [-0.15, -0.1) is 12.4 Å². The van der Waals surface area contributed by atoms with Crippen molar-refractivity contribution in [3.05, 3.63) is 53.6 Å². The van der Waals surface area contributed by atoms with Gasteiger partial charge in [-0.2, -0.15) is 0 Å². The number of anilines is 1. The molecule has 1 heterocycles. The van der Waals surface area contributed by atoms with Crippen LogP contribution in [0, 0.1) is 0 Å². The highest BCUT2D eigenvalue weighted by Crippen LogP contribution is 2.33. The number of halogens is 1. The molecule has 26 heavy (non-hydrogen) atoms. The lowest BCUT2D eigenvalue weighted by molar-refractivity contribution is -0.129. The fraction of sp³-hybridized carbons (Fsp3) is 0.350. The van der Waals surface area contributed by atoms with E-state index in [0.29, 0.717) is 18.0 Å². The molecule has 3 rings (SSSR count). The molecule has 5 nitrogen and oxygen atoms in total. The molecule has 2 aromatic carbocycles. The minimum absolute atomic E-state index is 0. The van der Waals surface area contributed by atoms with Crippen molar-refractivity contribution < 1.29 is 14.3 Å². The van der Waals surface area contributed by atoms with Crippen molar-refractivity contribution in [1.29, 1.82) is 0 Å². The SMILES string of the molecule is COc1cc(OC)cc(C2CCN(C(=O)Cc3ccc(N)cc3)C2)c1.Cl. The van der Waals surface area contributed by atoms with Crippen LogP contribution in [-0.4, -0.2) is 38.1 Å². The molecule has 1 aliphatic heterocycles. The number of rotatable bonds is 5. The molecule has 0 aromatic heterocycles. The average Bonchev–Trinajstić information content (AvgIpc) is 3.13. The molecule has 0 radical (unpaired) electrons. The summed E-state index contributed by atoms with van der Waals surface area (Å²) in [6, 6.07) is 13.4. The fourth-order valence-electron chi connectivity index (χ4n) is 3.25. The van der Waals surface area contributed by atoms with E-state index in [9.17, 15) is 4.79 Å². The number of hydrogen-bond donors (Lipinski definition) is 1. The van der Waals surface area contributed by atoms with Crippen molar-refractivity contribution in [3.63, 3.8) is 0 Å². The van der Waals surface area contributed by atoms with Gasteiger partial charge in [-0.05, 0) is 41.8 Å². The first kappa shape index (κ1) is 19.9. The van der Waals surface area contributed by atoms with Crippen LogP contribution in [0.5, 0.6) is 11.5 Å². The number of likely N-dealkylation sites (tertiary alicyclic amines) is 1. The Hall–Kier alpha value is -2.40. The molecule has 1 saturated heterocycles. The van der Waals surface area contributed by atoms with E-state index in [1.165, 1.54) is 0 Å². The topological polar surface area (TPSA) is 64.8 Å². The molecule has 1 amide bonds. The van der Waals surface area contributed by atoms with Gasteiger partial charge in [0.2, 0.25) is 5.91 Å². The summed E-state index contributed by atoms with van der Waals surface area (Å²) in [5.41, 5.74) is 8.55. The van der Waals surface area contributed by atoms with Crippen LogP contribution in [0.25, 0.3) is 0 Å². The molecular formula is C20H25ClN2O3. The second-order valence-corrected chi connectivity index (χ2v) is 6.39. The van der Waals surface area contributed by atoms with Crippen molar-refractivity contribution >= 4 is 24.0 Å². The van der Waals surface area contributed by atoms with Crippen LogP contribution in [0.2, 0.25) is 0 Å². The molecule has 1 aliphatic rings. The van der Waals surface area contributed by atoms with E-state index < -0.39 is 0 Å². The summed E-state index contributed by atoms with van der Waals surface area (Å²) >= 11 is 0. The summed E-state index contributed by atoms with van der Waals surface area (Å²) in [7, 11) is 3.30. The van der Waals surface area contributed by atoms with Crippen molar-refractivity contribution in [1.82, 2.24) is 4.90 Å². The van der Waals surface area contributed by atoms with E-state index in [1.807, 2.05) is 47.4 Å². The number of nitrogens with zero attached hydrogens (tertiary/aromatic N) is 1. The largest absolute Gasteiger partial charge is 0.497 e. The first-order valence-corrected chi connectivity index (χ1v) is 8.44. The Bertz CT molecular complexity index is 727. The third-order valence-corrected chi connectivity index (χ3v) is 4.72. The lowest BCUT2D eigenvalue weighted by Crippen LogP contribution is -2.29. The number of nitrogen functional groups attached to an aromatic ring is 1. The van der Waals surface area contributed by atoms with Gasteiger partial charge in [0.05, 0.1) is 20.6 Å². The van der Waals surface area contributed by atoms with E-state index in [2.05, 4.69) is 0 Å². The molecular weight excluding hydrogens is 352 g/mol. The highest BCUT2D eigenvalue weighted by molar-refractivity contribution is 5.85. The molecule has 0 aliphatic carbocycles. The number of carbonyl (C=O) groups excluding carboxylic acids is 1. The first-order valence-electron chi connectivity index (χ1n) is 8.44. The maximum absolute atomic E-state index is 12.6. The highest BCUT2D eigenvalue weighted by atomic mass is 35.5. The Morgan fingerprint density at radius 3 is 2.31 bits per heavy atom. The number of benzene rings is 2. The molecule has 2 aromatic rings. The zero-order valence-corrected chi connectivity index (χ0v) is 15.9. The van der Waals surface area contributed by atoms with Crippen LogP contribution in [-0.2, 0) is 11.2 Å². The molecule has 1 unspecified atom stereocenters. The zero-order chi connectivity index (χ0) is 17.8. The van der Waals surface area contributed by atoms with Gasteiger partial charge in [0, 0.05) is 30.8 Å². The van der Waals surface area contributed by atoms with Crippen LogP contribution < -0.4 is 15.2 Å². The monoisotopic (exact) mass is 376 g/mol. The van der Waals surface area contributed by atoms with Gasteiger partial charge in [-0.1, -0.05) is 12.1 Å². The molecule has 0 saturated carbocycles. The number of carbonyl (C=O) groups is 1. The van der Waals surface area contributed by atoms with Gasteiger partial charge >= 0.3 is 0 Å². The van der Waals surface area contributed by atoms with Gasteiger partial charge in [-0.3, -0.25) is 4.79 Å². The van der Waals surface area contributed by atoms with Crippen molar-refractivity contribution in [2.24, 2.45) is 0 Å². The van der Waals surface area contributed by atoms with Gasteiger partial charge in [0.1, 0.15) is 11.5 Å².